The minimum atomic E-state index is -0.687. The van der Waals surface area contributed by atoms with E-state index in [2.05, 4.69) is 4.98 Å². The molecule has 1 saturated heterocycles. The summed E-state index contributed by atoms with van der Waals surface area (Å²) >= 11 is 0. The Balaban J connectivity index is 1.49. The molecule has 0 radical (unpaired) electrons. The summed E-state index contributed by atoms with van der Waals surface area (Å²) in [6.45, 7) is 0.935. The number of H-pyrrole nitrogens is 1. The number of nitrogens with zero attached hydrogens (tertiary/aromatic N) is 1. The summed E-state index contributed by atoms with van der Waals surface area (Å²) in [6, 6.07) is 10.1. The van der Waals surface area contributed by atoms with Gasteiger partial charge < -0.3 is 24.5 Å². The van der Waals surface area contributed by atoms with Gasteiger partial charge in [-0.25, -0.2) is 0 Å². The minimum absolute atomic E-state index is 0.0756. The lowest BCUT2D eigenvalue weighted by Gasteiger charge is -2.36. The first-order valence-electron chi connectivity index (χ1n) is 8.18. The molecule has 2 aromatic rings. The maximum atomic E-state index is 12.5. The molecule has 2 aliphatic rings. The number of amides is 1. The van der Waals surface area contributed by atoms with Gasteiger partial charge in [-0.05, 0) is 30.2 Å². The lowest BCUT2D eigenvalue weighted by atomic mass is 9.87. The summed E-state index contributed by atoms with van der Waals surface area (Å²) in [4.78, 5) is 28.0. The highest BCUT2D eigenvalue weighted by Gasteiger charge is 2.32. The molecule has 1 amide bonds. The summed E-state index contributed by atoms with van der Waals surface area (Å²) in [5.74, 6) is 1.04. The van der Waals surface area contributed by atoms with Gasteiger partial charge in [0.25, 0.3) is 5.91 Å². The van der Waals surface area contributed by atoms with Crippen molar-refractivity contribution < 1.29 is 19.4 Å². The molecule has 3 heterocycles. The van der Waals surface area contributed by atoms with Crippen LogP contribution in [0.2, 0.25) is 0 Å². The second kappa shape index (κ2) is 6.25. The van der Waals surface area contributed by atoms with Gasteiger partial charge in [0.05, 0.1) is 6.10 Å². The van der Waals surface area contributed by atoms with E-state index in [9.17, 15) is 14.7 Å². The number of carbonyl (C=O) groups is 1. The molecule has 2 aliphatic heterocycles. The predicted molar refractivity (Wildman–Crippen MR) is 88.9 cm³/mol. The molecule has 1 aromatic carbocycles. The van der Waals surface area contributed by atoms with Crippen molar-refractivity contribution in [3.8, 4) is 11.5 Å². The maximum absolute atomic E-state index is 12.5. The largest absolute Gasteiger partial charge is 0.454 e. The van der Waals surface area contributed by atoms with Crippen LogP contribution in [0, 0.1) is 0 Å². The molecule has 2 N–H and O–H groups in total. The second-order valence-corrected chi connectivity index (χ2v) is 6.26. The Morgan fingerprint density at radius 1 is 1.20 bits per heavy atom. The lowest BCUT2D eigenvalue weighted by molar-refractivity contribution is 0.0377. The molecule has 4 rings (SSSR count). The molecule has 0 spiro atoms. The topological polar surface area (TPSA) is 91.9 Å². The lowest BCUT2D eigenvalue weighted by Crippen LogP contribution is -2.46. The summed E-state index contributed by atoms with van der Waals surface area (Å²) < 4.78 is 10.7. The number of rotatable bonds is 2. The van der Waals surface area contributed by atoms with Crippen LogP contribution in [0.4, 0.5) is 0 Å². The van der Waals surface area contributed by atoms with Crippen LogP contribution in [0.25, 0.3) is 0 Å². The number of aromatic nitrogens is 1. The molecule has 0 unspecified atom stereocenters. The van der Waals surface area contributed by atoms with Gasteiger partial charge in [0.15, 0.2) is 11.5 Å². The zero-order valence-corrected chi connectivity index (χ0v) is 13.5. The normalized spacial score (nSPS) is 22.0. The number of hydrogen-bond acceptors (Lipinski definition) is 5. The van der Waals surface area contributed by atoms with E-state index in [0.717, 1.165) is 5.56 Å². The number of ether oxygens (including phenoxy) is 2. The van der Waals surface area contributed by atoms with Crippen LogP contribution < -0.4 is 15.0 Å². The zero-order chi connectivity index (χ0) is 17.4. The van der Waals surface area contributed by atoms with Gasteiger partial charge in [-0.1, -0.05) is 12.1 Å². The van der Waals surface area contributed by atoms with E-state index in [1.807, 2.05) is 18.2 Å². The van der Waals surface area contributed by atoms with Crippen LogP contribution in [0.15, 0.2) is 41.2 Å². The summed E-state index contributed by atoms with van der Waals surface area (Å²) in [6.07, 6.45) is -0.0580. The Bertz CT molecular complexity index is 863. The number of β-amino-alcohol motifs (C(OH)–C–C–N with tert-alkyl or cyclic N) is 1. The number of aliphatic hydroxyl groups is 1. The Kier molecular flexibility index (Phi) is 3.93. The SMILES string of the molecule is O=C(c1cccc(=O)[nH]1)N1CC[C@@H](c2ccc3c(c2)OCO3)[C@H](O)C1. The average molecular weight is 342 g/mol. The number of aliphatic hydroxyl groups excluding tert-OH is 1. The van der Waals surface area contributed by atoms with Gasteiger partial charge >= 0.3 is 0 Å². The molecule has 1 aromatic heterocycles. The number of nitrogens with one attached hydrogen (secondary N) is 1. The third kappa shape index (κ3) is 2.98. The number of pyridine rings is 1. The molecular weight excluding hydrogens is 324 g/mol. The summed E-state index contributed by atoms with van der Waals surface area (Å²) in [5.41, 5.74) is 0.889. The van der Waals surface area contributed by atoms with Crippen molar-refractivity contribution in [2.75, 3.05) is 19.9 Å². The molecule has 25 heavy (non-hydrogen) atoms. The third-order valence-electron chi connectivity index (χ3n) is 4.69. The number of aromatic amines is 1. The number of likely N-dealkylation sites (tertiary alicyclic amines) is 1. The maximum Gasteiger partial charge on any atom is 0.270 e. The van der Waals surface area contributed by atoms with E-state index in [0.29, 0.717) is 24.5 Å². The first kappa shape index (κ1) is 15.7. The average Bonchev–Trinajstić information content (AvgIpc) is 3.08. The van der Waals surface area contributed by atoms with Crippen molar-refractivity contribution in [2.24, 2.45) is 0 Å². The van der Waals surface area contributed by atoms with E-state index in [1.54, 1.807) is 17.0 Å². The Hall–Kier alpha value is -2.80. The highest BCUT2D eigenvalue weighted by molar-refractivity contribution is 5.92. The van der Waals surface area contributed by atoms with E-state index in [1.165, 1.54) is 6.07 Å². The molecule has 2 atom stereocenters. The molecular formula is C18H18N2O5. The molecule has 0 bridgehead atoms. The summed E-state index contributed by atoms with van der Waals surface area (Å²) in [7, 11) is 0. The number of carbonyl (C=O) groups excluding carboxylic acids is 1. The van der Waals surface area contributed by atoms with Gasteiger partial charge in [0, 0.05) is 25.1 Å². The van der Waals surface area contributed by atoms with Crippen LogP contribution in [-0.4, -0.2) is 46.9 Å². The minimum Gasteiger partial charge on any atom is -0.454 e. The van der Waals surface area contributed by atoms with Crippen LogP contribution in [-0.2, 0) is 0 Å². The fraction of sp³-hybridized carbons (Fsp3) is 0.333. The molecule has 1 fully saturated rings. The van der Waals surface area contributed by atoms with Crippen molar-refractivity contribution in [3.05, 3.63) is 58.0 Å². The molecule has 7 heteroatoms. The fourth-order valence-electron chi connectivity index (χ4n) is 3.39. The standard InChI is InChI=1S/C18H18N2O5/c21-14-9-20(18(23)13-2-1-3-17(22)19-13)7-6-12(14)11-4-5-15-16(8-11)25-10-24-15/h1-5,8,12,14,21H,6-7,9-10H2,(H,19,22)/t12-,14+/m0/s1. The highest BCUT2D eigenvalue weighted by atomic mass is 16.7. The first-order valence-corrected chi connectivity index (χ1v) is 8.18. The zero-order valence-electron chi connectivity index (χ0n) is 13.5. The Morgan fingerprint density at radius 3 is 2.84 bits per heavy atom. The van der Waals surface area contributed by atoms with Crippen LogP contribution in [0.1, 0.15) is 28.4 Å². The fourth-order valence-corrected chi connectivity index (χ4v) is 3.39. The predicted octanol–water partition coefficient (Wildman–Crippen LogP) is 1.09. The molecule has 7 nitrogen and oxygen atoms in total. The van der Waals surface area contributed by atoms with E-state index < -0.39 is 6.10 Å². The number of piperidine rings is 1. The number of hydrogen-bond donors (Lipinski definition) is 2. The third-order valence-corrected chi connectivity index (χ3v) is 4.69. The Labute approximate surface area is 143 Å². The van der Waals surface area contributed by atoms with Crippen molar-refractivity contribution >= 4 is 5.91 Å². The van der Waals surface area contributed by atoms with Crippen LogP contribution in [0.3, 0.4) is 0 Å². The van der Waals surface area contributed by atoms with Crippen molar-refractivity contribution in [3.63, 3.8) is 0 Å². The monoisotopic (exact) mass is 342 g/mol. The van der Waals surface area contributed by atoms with Gasteiger partial charge in [0.1, 0.15) is 5.69 Å². The van der Waals surface area contributed by atoms with Crippen molar-refractivity contribution in [2.45, 2.75) is 18.4 Å². The van der Waals surface area contributed by atoms with Crippen LogP contribution in [0.5, 0.6) is 11.5 Å². The second-order valence-electron chi connectivity index (χ2n) is 6.26. The van der Waals surface area contributed by atoms with Crippen molar-refractivity contribution in [1.29, 1.82) is 0 Å². The molecule has 130 valence electrons. The van der Waals surface area contributed by atoms with Gasteiger partial charge in [-0.3, -0.25) is 9.59 Å². The van der Waals surface area contributed by atoms with Gasteiger partial charge in [0.2, 0.25) is 12.4 Å². The molecule has 0 saturated carbocycles. The van der Waals surface area contributed by atoms with Gasteiger partial charge in [-0.2, -0.15) is 0 Å². The highest BCUT2D eigenvalue weighted by Crippen LogP contribution is 2.37. The Morgan fingerprint density at radius 2 is 2.04 bits per heavy atom. The van der Waals surface area contributed by atoms with Crippen LogP contribution >= 0.6 is 0 Å². The van der Waals surface area contributed by atoms with E-state index in [4.69, 9.17) is 9.47 Å². The number of benzene rings is 1. The van der Waals surface area contributed by atoms with E-state index in [-0.39, 0.29) is 36.4 Å². The smallest absolute Gasteiger partial charge is 0.270 e. The quantitative estimate of drug-likeness (QED) is 0.852. The number of fused-ring (bicyclic) bond motifs is 1. The first-order chi connectivity index (χ1) is 12.1. The summed E-state index contributed by atoms with van der Waals surface area (Å²) in [5, 5.41) is 10.6. The van der Waals surface area contributed by atoms with E-state index >= 15 is 0 Å². The molecule has 0 aliphatic carbocycles. The van der Waals surface area contributed by atoms with Gasteiger partial charge in [-0.15, -0.1) is 0 Å². The van der Waals surface area contributed by atoms with Crippen molar-refractivity contribution in [1.82, 2.24) is 9.88 Å².